The van der Waals surface area contributed by atoms with E-state index in [1.165, 1.54) is 6.07 Å². The first-order valence-electron chi connectivity index (χ1n) is 5.86. The normalized spacial score (nSPS) is 10.4. The zero-order valence-corrected chi connectivity index (χ0v) is 10.3. The van der Waals surface area contributed by atoms with Crippen LogP contribution in [0, 0.1) is 12.7 Å². The van der Waals surface area contributed by atoms with Crippen molar-refractivity contribution in [2.24, 2.45) is 5.73 Å². The second kappa shape index (κ2) is 5.65. The zero-order chi connectivity index (χ0) is 13.0. The van der Waals surface area contributed by atoms with Crippen molar-refractivity contribution in [2.45, 2.75) is 20.1 Å². The van der Waals surface area contributed by atoms with Gasteiger partial charge in [-0.25, -0.2) is 4.39 Å². The van der Waals surface area contributed by atoms with Gasteiger partial charge in [0.15, 0.2) is 0 Å². The fraction of sp³-hybridized carbons (Fsp3) is 0.200. The Morgan fingerprint density at radius 3 is 2.56 bits per heavy atom. The lowest BCUT2D eigenvalue weighted by Gasteiger charge is -2.09. The smallest absolute Gasteiger partial charge is 0.129 e. The van der Waals surface area contributed by atoms with Gasteiger partial charge in [-0.3, -0.25) is 0 Å². The van der Waals surface area contributed by atoms with Crippen molar-refractivity contribution in [3.63, 3.8) is 0 Å². The van der Waals surface area contributed by atoms with E-state index >= 15 is 0 Å². The van der Waals surface area contributed by atoms with Crippen LogP contribution in [0.25, 0.3) is 0 Å². The predicted octanol–water partition coefficient (Wildman–Crippen LogP) is 3.17. The number of hydrogen-bond acceptors (Lipinski definition) is 2. The van der Waals surface area contributed by atoms with Gasteiger partial charge in [0.2, 0.25) is 0 Å². The molecule has 0 aromatic heterocycles. The summed E-state index contributed by atoms with van der Waals surface area (Å²) in [6.45, 7) is 2.73. The Morgan fingerprint density at radius 1 is 1.11 bits per heavy atom. The first-order chi connectivity index (χ1) is 8.70. The maximum atomic E-state index is 13.4. The van der Waals surface area contributed by atoms with Gasteiger partial charge in [-0.2, -0.15) is 0 Å². The summed E-state index contributed by atoms with van der Waals surface area (Å²) in [6.07, 6.45) is 0. The molecule has 0 amide bonds. The van der Waals surface area contributed by atoms with Crippen LogP contribution in [0.5, 0.6) is 5.75 Å². The van der Waals surface area contributed by atoms with Gasteiger partial charge in [-0.05, 0) is 36.2 Å². The lowest BCUT2D eigenvalue weighted by molar-refractivity contribution is 0.299. The highest BCUT2D eigenvalue weighted by Gasteiger charge is 2.03. The molecule has 2 aromatic carbocycles. The Hall–Kier alpha value is -1.87. The zero-order valence-electron chi connectivity index (χ0n) is 10.3. The molecular weight excluding hydrogens is 229 g/mol. The van der Waals surface area contributed by atoms with Crippen LogP contribution in [0.1, 0.15) is 16.7 Å². The fourth-order valence-electron chi connectivity index (χ4n) is 1.76. The quantitative estimate of drug-likeness (QED) is 0.898. The van der Waals surface area contributed by atoms with Crippen molar-refractivity contribution < 1.29 is 9.13 Å². The summed E-state index contributed by atoms with van der Waals surface area (Å²) >= 11 is 0. The lowest BCUT2D eigenvalue weighted by atomic mass is 10.1. The van der Waals surface area contributed by atoms with Gasteiger partial charge < -0.3 is 10.5 Å². The molecule has 0 unspecified atom stereocenters. The van der Waals surface area contributed by atoms with Crippen LogP contribution in [0.4, 0.5) is 4.39 Å². The first kappa shape index (κ1) is 12.6. The third-order valence-corrected chi connectivity index (χ3v) is 2.89. The molecule has 2 N–H and O–H groups in total. The van der Waals surface area contributed by atoms with Gasteiger partial charge in [0.1, 0.15) is 18.2 Å². The summed E-state index contributed by atoms with van der Waals surface area (Å²) in [5.41, 5.74) is 8.33. The maximum Gasteiger partial charge on any atom is 0.129 e. The van der Waals surface area contributed by atoms with E-state index in [0.29, 0.717) is 12.1 Å². The molecule has 2 aromatic rings. The predicted molar refractivity (Wildman–Crippen MR) is 69.8 cm³/mol. The monoisotopic (exact) mass is 245 g/mol. The van der Waals surface area contributed by atoms with Crippen molar-refractivity contribution in [1.82, 2.24) is 0 Å². The van der Waals surface area contributed by atoms with Crippen LogP contribution < -0.4 is 10.5 Å². The van der Waals surface area contributed by atoms with Crippen LogP contribution >= 0.6 is 0 Å². The number of halogens is 1. The number of nitrogens with two attached hydrogens (primary N) is 1. The summed E-state index contributed by atoms with van der Waals surface area (Å²) < 4.78 is 19.0. The van der Waals surface area contributed by atoms with Gasteiger partial charge in [-0.15, -0.1) is 0 Å². The molecule has 0 heterocycles. The van der Waals surface area contributed by atoms with Crippen LogP contribution in [0.3, 0.4) is 0 Å². The maximum absolute atomic E-state index is 13.4. The number of hydrogen-bond donors (Lipinski definition) is 1. The van der Waals surface area contributed by atoms with Gasteiger partial charge in [0.25, 0.3) is 0 Å². The van der Waals surface area contributed by atoms with Crippen molar-refractivity contribution >= 4 is 0 Å². The highest BCUT2D eigenvalue weighted by Crippen LogP contribution is 2.18. The minimum absolute atomic E-state index is 0.230. The number of rotatable bonds is 4. The second-order valence-corrected chi connectivity index (χ2v) is 4.17. The summed E-state index contributed by atoms with van der Waals surface area (Å²) in [6, 6.07) is 12.3. The minimum atomic E-state index is -0.243. The Balaban J connectivity index is 2.07. The van der Waals surface area contributed by atoms with E-state index in [0.717, 1.165) is 16.9 Å². The van der Waals surface area contributed by atoms with E-state index in [1.807, 2.05) is 25.1 Å². The summed E-state index contributed by atoms with van der Waals surface area (Å²) in [4.78, 5) is 0. The van der Waals surface area contributed by atoms with E-state index in [2.05, 4.69) is 0 Å². The fourth-order valence-corrected chi connectivity index (χ4v) is 1.76. The molecule has 0 saturated heterocycles. The highest BCUT2D eigenvalue weighted by atomic mass is 19.1. The summed E-state index contributed by atoms with van der Waals surface area (Å²) in [5, 5.41) is 0. The molecule has 18 heavy (non-hydrogen) atoms. The Labute approximate surface area is 106 Å². The van der Waals surface area contributed by atoms with Crippen LogP contribution in [0.15, 0.2) is 42.5 Å². The molecule has 0 fully saturated rings. The SMILES string of the molecule is Cc1cc(OCc2ccccc2F)ccc1CN. The molecule has 0 bridgehead atoms. The first-order valence-corrected chi connectivity index (χ1v) is 5.86. The Bertz CT molecular complexity index is 540. The van der Waals surface area contributed by atoms with Crippen molar-refractivity contribution in [3.8, 4) is 5.75 Å². The van der Waals surface area contributed by atoms with Crippen molar-refractivity contribution in [1.29, 1.82) is 0 Å². The molecular formula is C15H16FNO. The molecule has 0 aliphatic rings. The third-order valence-electron chi connectivity index (χ3n) is 2.89. The average Bonchev–Trinajstić information content (AvgIpc) is 2.38. The molecule has 3 heteroatoms. The van der Waals surface area contributed by atoms with E-state index in [4.69, 9.17) is 10.5 Å². The van der Waals surface area contributed by atoms with E-state index < -0.39 is 0 Å². The van der Waals surface area contributed by atoms with Gasteiger partial charge in [0.05, 0.1) is 0 Å². The molecule has 0 aliphatic heterocycles. The molecule has 0 atom stereocenters. The Morgan fingerprint density at radius 2 is 1.89 bits per heavy atom. The molecule has 94 valence electrons. The topological polar surface area (TPSA) is 35.2 Å². The van der Waals surface area contributed by atoms with Crippen LogP contribution in [-0.4, -0.2) is 0 Å². The largest absolute Gasteiger partial charge is 0.489 e. The minimum Gasteiger partial charge on any atom is -0.489 e. The van der Waals surface area contributed by atoms with E-state index in [1.54, 1.807) is 18.2 Å². The molecule has 2 nitrogen and oxygen atoms in total. The van der Waals surface area contributed by atoms with Gasteiger partial charge >= 0.3 is 0 Å². The number of aryl methyl sites for hydroxylation is 1. The number of benzene rings is 2. The summed E-state index contributed by atoms with van der Waals surface area (Å²) in [7, 11) is 0. The van der Waals surface area contributed by atoms with Crippen molar-refractivity contribution in [2.75, 3.05) is 0 Å². The lowest BCUT2D eigenvalue weighted by Crippen LogP contribution is -2.01. The number of ether oxygens (including phenoxy) is 1. The van der Waals surface area contributed by atoms with E-state index in [-0.39, 0.29) is 12.4 Å². The van der Waals surface area contributed by atoms with Crippen LogP contribution in [-0.2, 0) is 13.2 Å². The Kier molecular flexibility index (Phi) is 3.95. The molecule has 2 rings (SSSR count). The average molecular weight is 245 g/mol. The highest BCUT2D eigenvalue weighted by molar-refractivity contribution is 5.34. The second-order valence-electron chi connectivity index (χ2n) is 4.17. The standard InChI is InChI=1S/C15H16FNO/c1-11-8-14(7-6-12(11)9-17)18-10-13-4-2-3-5-15(13)16/h2-8H,9-10,17H2,1H3. The van der Waals surface area contributed by atoms with Crippen molar-refractivity contribution in [3.05, 3.63) is 65.0 Å². The van der Waals surface area contributed by atoms with Gasteiger partial charge in [0, 0.05) is 12.1 Å². The summed E-state index contributed by atoms with van der Waals surface area (Å²) in [5.74, 6) is 0.487. The van der Waals surface area contributed by atoms with Gasteiger partial charge in [-0.1, -0.05) is 24.3 Å². The third kappa shape index (κ3) is 2.87. The van der Waals surface area contributed by atoms with Crippen LogP contribution in [0.2, 0.25) is 0 Å². The van der Waals surface area contributed by atoms with E-state index in [9.17, 15) is 4.39 Å². The molecule has 0 radical (unpaired) electrons. The molecule has 0 aliphatic carbocycles. The molecule has 0 saturated carbocycles. The molecule has 0 spiro atoms.